The quantitative estimate of drug-likeness (QED) is 0.783. The minimum absolute atomic E-state index is 0.318. The Kier molecular flexibility index (Phi) is 2.56. The summed E-state index contributed by atoms with van der Waals surface area (Å²) < 4.78 is 10.1. The maximum atomic E-state index is 5.17. The van der Waals surface area contributed by atoms with E-state index in [4.69, 9.17) is 9.26 Å². The molecule has 0 atom stereocenters. The van der Waals surface area contributed by atoms with Crippen LogP contribution in [0, 0.1) is 12.3 Å². The third-order valence-electron chi connectivity index (χ3n) is 2.44. The Hall–Kier alpha value is -0.870. The Labute approximate surface area is 83.6 Å². The second kappa shape index (κ2) is 3.71. The van der Waals surface area contributed by atoms with Crippen molar-refractivity contribution in [3.8, 4) is 0 Å². The van der Waals surface area contributed by atoms with Crippen LogP contribution < -0.4 is 5.32 Å². The van der Waals surface area contributed by atoms with E-state index in [1.165, 1.54) is 0 Å². The normalized spacial score (nSPS) is 19.3. The average Bonchev–Trinajstić information content (AvgIpc) is 2.49. The summed E-state index contributed by atoms with van der Waals surface area (Å²) in [6.45, 7) is 7.58. The number of aromatic nitrogens is 1. The van der Waals surface area contributed by atoms with Crippen molar-refractivity contribution in [2.45, 2.75) is 20.4 Å². The predicted molar refractivity (Wildman–Crippen MR) is 51.9 cm³/mol. The highest BCUT2D eigenvalue weighted by Crippen LogP contribution is 2.25. The van der Waals surface area contributed by atoms with Crippen LogP contribution in [0.25, 0.3) is 0 Å². The second-order valence-electron chi connectivity index (χ2n) is 4.34. The van der Waals surface area contributed by atoms with E-state index in [1.807, 2.05) is 13.0 Å². The monoisotopic (exact) mass is 196 g/mol. The summed E-state index contributed by atoms with van der Waals surface area (Å²) in [7, 11) is 0. The first-order valence-electron chi connectivity index (χ1n) is 4.89. The van der Waals surface area contributed by atoms with Crippen molar-refractivity contribution in [3.05, 3.63) is 17.5 Å². The molecule has 1 aliphatic rings. The van der Waals surface area contributed by atoms with Gasteiger partial charge in [0.2, 0.25) is 0 Å². The summed E-state index contributed by atoms with van der Waals surface area (Å²) in [6, 6.07) is 1.95. The van der Waals surface area contributed by atoms with Crippen LogP contribution in [0.4, 0.5) is 0 Å². The summed E-state index contributed by atoms with van der Waals surface area (Å²) in [5.41, 5.74) is 1.28. The van der Waals surface area contributed by atoms with Crippen molar-refractivity contribution in [3.63, 3.8) is 0 Å². The van der Waals surface area contributed by atoms with Crippen molar-refractivity contribution in [1.29, 1.82) is 0 Å². The van der Waals surface area contributed by atoms with Gasteiger partial charge in [-0.05, 0) is 6.92 Å². The molecule has 4 nitrogen and oxygen atoms in total. The highest BCUT2D eigenvalue weighted by Gasteiger charge is 2.32. The van der Waals surface area contributed by atoms with Gasteiger partial charge in [-0.15, -0.1) is 0 Å². The Morgan fingerprint density at radius 1 is 1.57 bits per heavy atom. The zero-order valence-electron chi connectivity index (χ0n) is 8.67. The van der Waals surface area contributed by atoms with Gasteiger partial charge >= 0.3 is 0 Å². The Bertz CT molecular complexity index is 305. The van der Waals surface area contributed by atoms with Crippen LogP contribution in [-0.2, 0) is 11.3 Å². The number of hydrogen-bond donors (Lipinski definition) is 1. The van der Waals surface area contributed by atoms with Gasteiger partial charge in [0.1, 0.15) is 5.76 Å². The Balaban J connectivity index is 1.72. The van der Waals surface area contributed by atoms with E-state index in [1.54, 1.807) is 0 Å². The first-order chi connectivity index (χ1) is 6.68. The summed E-state index contributed by atoms with van der Waals surface area (Å²) in [6.07, 6.45) is 0. The minimum Gasteiger partial charge on any atom is -0.380 e. The molecule has 0 amide bonds. The summed E-state index contributed by atoms with van der Waals surface area (Å²) in [5.74, 6) is 0.861. The van der Waals surface area contributed by atoms with Crippen LogP contribution in [0.2, 0.25) is 0 Å². The van der Waals surface area contributed by atoms with E-state index >= 15 is 0 Å². The lowest BCUT2D eigenvalue weighted by atomic mass is 9.89. The van der Waals surface area contributed by atoms with Crippen molar-refractivity contribution in [1.82, 2.24) is 10.5 Å². The largest absolute Gasteiger partial charge is 0.380 e. The van der Waals surface area contributed by atoms with E-state index in [9.17, 15) is 0 Å². The molecular formula is C10H16N2O2. The van der Waals surface area contributed by atoms with Crippen LogP contribution >= 0.6 is 0 Å². The van der Waals surface area contributed by atoms with Crippen molar-refractivity contribution in [2.24, 2.45) is 5.41 Å². The molecular weight excluding hydrogens is 180 g/mol. The molecule has 14 heavy (non-hydrogen) atoms. The SMILES string of the molecule is Cc1cc(CNCC2(C)COC2)no1. The maximum absolute atomic E-state index is 5.17. The van der Waals surface area contributed by atoms with Crippen LogP contribution in [0.15, 0.2) is 10.6 Å². The van der Waals surface area contributed by atoms with Crippen LogP contribution in [0.3, 0.4) is 0 Å². The molecule has 0 spiro atoms. The fourth-order valence-corrected chi connectivity index (χ4v) is 1.55. The predicted octanol–water partition coefficient (Wildman–Crippen LogP) is 1.11. The van der Waals surface area contributed by atoms with Crippen molar-refractivity contribution < 1.29 is 9.26 Å². The standard InChI is InChI=1S/C10H16N2O2/c1-8-3-9(12-14-8)4-11-5-10(2)6-13-7-10/h3,11H,4-7H2,1-2H3. The van der Waals surface area contributed by atoms with Crippen LogP contribution in [0.1, 0.15) is 18.4 Å². The van der Waals surface area contributed by atoms with Gasteiger partial charge < -0.3 is 14.6 Å². The lowest BCUT2D eigenvalue weighted by Crippen LogP contribution is -2.47. The second-order valence-corrected chi connectivity index (χ2v) is 4.34. The minimum atomic E-state index is 0.318. The fraction of sp³-hybridized carbons (Fsp3) is 0.700. The first kappa shape index (κ1) is 9.68. The number of nitrogens with one attached hydrogen (secondary N) is 1. The zero-order valence-corrected chi connectivity index (χ0v) is 8.67. The molecule has 2 rings (SSSR count). The average molecular weight is 196 g/mol. The van der Waals surface area contributed by atoms with Crippen LogP contribution in [-0.4, -0.2) is 24.9 Å². The third-order valence-corrected chi connectivity index (χ3v) is 2.44. The van der Waals surface area contributed by atoms with Crippen LogP contribution in [0.5, 0.6) is 0 Å². The lowest BCUT2D eigenvalue weighted by Gasteiger charge is -2.38. The molecule has 0 unspecified atom stereocenters. The van der Waals surface area contributed by atoms with E-state index < -0.39 is 0 Å². The summed E-state index contributed by atoms with van der Waals surface area (Å²) in [4.78, 5) is 0. The van der Waals surface area contributed by atoms with Crippen molar-refractivity contribution >= 4 is 0 Å². The molecule has 0 aromatic carbocycles. The molecule has 1 saturated heterocycles. The molecule has 2 heterocycles. The van der Waals surface area contributed by atoms with E-state index in [0.717, 1.165) is 37.8 Å². The number of aryl methyl sites for hydroxylation is 1. The molecule has 78 valence electrons. The van der Waals surface area contributed by atoms with Crippen molar-refractivity contribution in [2.75, 3.05) is 19.8 Å². The molecule has 0 aliphatic carbocycles. The highest BCUT2D eigenvalue weighted by molar-refractivity contribution is 5.03. The topological polar surface area (TPSA) is 47.3 Å². The Morgan fingerprint density at radius 2 is 2.36 bits per heavy atom. The lowest BCUT2D eigenvalue weighted by molar-refractivity contribution is -0.0991. The number of hydrogen-bond acceptors (Lipinski definition) is 4. The summed E-state index contributed by atoms with van der Waals surface area (Å²) in [5, 5.41) is 7.27. The van der Waals surface area contributed by atoms with E-state index in [-0.39, 0.29) is 0 Å². The summed E-state index contributed by atoms with van der Waals surface area (Å²) >= 11 is 0. The van der Waals surface area contributed by atoms with Gasteiger partial charge in [0, 0.05) is 24.6 Å². The number of nitrogens with zero attached hydrogens (tertiary/aromatic N) is 1. The molecule has 1 aromatic heterocycles. The Morgan fingerprint density at radius 3 is 2.86 bits per heavy atom. The van der Waals surface area contributed by atoms with Gasteiger partial charge in [-0.2, -0.15) is 0 Å². The number of ether oxygens (including phenoxy) is 1. The van der Waals surface area contributed by atoms with Gasteiger partial charge in [-0.1, -0.05) is 12.1 Å². The molecule has 0 bridgehead atoms. The van der Waals surface area contributed by atoms with Gasteiger partial charge in [-0.25, -0.2) is 0 Å². The molecule has 0 saturated carbocycles. The van der Waals surface area contributed by atoms with Gasteiger partial charge in [-0.3, -0.25) is 0 Å². The molecule has 0 radical (unpaired) electrons. The van der Waals surface area contributed by atoms with Gasteiger partial charge in [0.25, 0.3) is 0 Å². The smallest absolute Gasteiger partial charge is 0.133 e. The molecule has 4 heteroatoms. The first-order valence-corrected chi connectivity index (χ1v) is 4.89. The van der Waals surface area contributed by atoms with E-state index in [0.29, 0.717) is 5.41 Å². The number of rotatable bonds is 4. The molecule has 1 fully saturated rings. The molecule has 1 aromatic rings. The van der Waals surface area contributed by atoms with Gasteiger partial charge in [0.05, 0.1) is 18.9 Å². The third kappa shape index (κ3) is 2.13. The highest BCUT2D eigenvalue weighted by atomic mass is 16.5. The van der Waals surface area contributed by atoms with Gasteiger partial charge in [0.15, 0.2) is 0 Å². The fourth-order valence-electron chi connectivity index (χ4n) is 1.55. The molecule has 1 N–H and O–H groups in total. The molecule has 1 aliphatic heterocycles. The van der Waals surface area contributed by atoms with E-state index in [2.05, 4.69) is 17.4 Å². The maximum Gasteiger partial charge on any atom is 0.133 e. The zero-order chi connectivity index (χ0) is 10.0.